The molecule has 4 aliphatic rings. The van der Waals surface area contributed by atoms with E-state index in [1.54, 1.807) is 5.57 Å². The van der Waals surface area contributed by atoms with E-state index in [0.29, 0.717) is 0 Å². The number of aromatic nitrogens is 4. The Hall–Kier alpha value is -6.98. The van der Waals surface area contributed by atoms with Crippen molar-refractivity contribution >= 4 is 50.3 Å². The first-order valence-corrected chi connectivity index (χ1v) is 20.0. The Bertz CT molecular complexity index is 3090. The Morgan fingerprint density at radius 1 is 0.754 bits per heavy atom. The van der Waals surface area contributed by atoms with E-state index in [0.717, 1.165) is 68.7 Å². The largest absolute Gasteiger partial charge is 0.384 e. The number of allylic oxidation sites excluding steroid dienone is 9. The summed E-state index contributed by atoms with van der Waals surface area (Å²) in [5, 5.41) is 2.25. The summed E-state index contributed by atoms with van der Waals surface area (Å²) in [7, 11) is 0. The van der Waals surface area contributed by atoms with Crippen LogP contribution in [0.1, 0.15) is 53.5 Å². The number of nitrogens with zero attached hydrogens (tertiary/aromatic N) is 4. The molecule has 1 spiro atoms. The van der Waals surface area contributed by atoms with Gasteiger partial charge < -0.3 is 10.3 Å². The van der Waals surface area contributed by atoms with Gasteiger partial charge in [0.2, 0.25) is 0 Å². The van der Waals surface area contributed by atoms with Crippen molar-refractivity contribution in [2.24, 2.45) is 5.92 Å². The second kappa shape index (κ2) is 12.0. The van der Waals surface area contributed by atoms with Crippen molar-refractivity contribution in [3.63, 3.8) is 0 Å². The molecule has 272 valence electrons. The van der Waals surface area contributed by atoms with Crippen LogP contribution in [0.25, 0.3) is 67.0 Å². The predicted octanol–water partition coefficient (Wildman–Crippen LogP) is 12.0. The smallest absolute Gasteiger partial charge is 0.116 e. The van der Waals surface area contributed by atoms with Gasteiger partial charge in [-0.1, -0.05) is 109 Å². The summed E-state index contributed by atoms with van der Waals surface area (Å²) in [6.07, 6.45) is 26.2. The summed E-state index contributed by atoms with van der Waals surface area (Å²) in [5.41, 5.74) is 25.6. The highest BCUT2D eigenvalue weighted by atomic mass is 15.1. The molecule has 4 aromatic carbocycles. The van der Waals surface area contributed by atoms with Crippen LogP contribution in [-0.4, -0.2) is 19.1 Å². The molecule has 4 heterocycles. The molecule has 5 nitrogen and oxygen atoms in total. The van der Waals surface area contributed by atoms with Gasteiger partial charge in [-0.15, -0.1) is 0 Å². The monoisotopic (exact) mass is 733 g/mol. The van der Waals surface area contributed by atoms with Crippen LogP contribution in [0.2, 0.25) is 0 Å². The third-order valence-electron chi connectivity index (χ3n) is 13.2. The van der Waals surface area contributed by atoms with Crippen molar-refractivity contribution in [1.82, 2.24) is 19.1 Å². The molecule has 0 fully saturated rings. The predicted molar refractivity (Wildman–Crippen MR) is 235 cm³/mol. The number of pyridine rings is 2. The van der Waals surface area contributed by atoms with Gasteiger partial charge in [0.05, 0.1) is 27.5 Å². The summed E-state index contributed by atoms with van der Waals surface area (Å²) in [6.45, 7) is 2.07. The first-order chi connectivity index (χ1) is 28.2. The van der Waals surface area contributed by atoms with E-state index in [1.807, 2.05) is 24.7 Å². The van der Waals surface area contributed by atoms with Crippen LogP contribution in [-0.2, 0) is 5.41 Å². The average molecular weight is 734 g/mol. The number of benzene rings is 4. The molecule has 0 radical (unpaired) electrons. The zero-order valence-electron chi connectivity index (χ0n) is 31.6. The third-order valence-corrected chi connectivity index (χ3v) is 13.2. The normalized spacial score (nSPS) is 20.4. The molecule has 0 saturated heterocycles. The third kappa shape index (κ3) is 4.23. The fourth-order valence-corrected chi connectivity index (χ4v) is 11.0. The van der Waals surface area contributed by atoms with Crippen LogP contribution >= 0.6 is 0 Å². The van der Waals surface area contributed by atoms with Crippen molar-refractivity contribution < 1.29 is 0 Å². The quantitative estimate of drug-likeness (QED) is 0.196. The van der Waals surface area contributed by atoms with Crippen molar-refractivity contribution in [3.8, 4) is 22.5 Å². The fraction of sp³-hybridized carbons (Fsp3) is 0.115. The van der Waals surface area contributed by atoms with Crippen LogP contribution in [0.4, 0.5) is 5.82 Å². The zero-order chi connectivity index (χ0) is 37.8. The molecule has 3 atom stereocenters. The van der Waals surface area contributed by atoms with Crippen molar-refractivity contribution in [3.05, 3.63) is 198 Å². The molecule has 4 aliphatic carbocycles. The standard InChI is InChI=1S/C52H39N5/c1-2-10-39-38-26-27-45-48(40-13-5-8-16-44(40)52(45)42-14-6-3-11-36(42)37-12-4-7-15-43(37)52)50(38)57(51(39)53)35-24-20-33(21-25-35)32-18-22-34(23-19-32)56-46-28-30-54-31-41(46)49-47(56)17-9-29-55-49/h2-6,8-14,16-31,40,44H,7,15,53H2,1H3/b10-2-. The second-order valence-electron chi connectivity index (χ2n) is 15.8. The molecule has 12 rings (SSSR count). The van der Waals surface area contributed by atoms with Gasteiger partial charge in [-0.3, -0.25) is 14.5 Å². The molecule has 3 unspecified atom stereocenters. The number of fused-ring (bicyclic) bond motifs is 14. The van der Waals surface area contributed by atoms with Crippen LogP contribution in [0.15, 0.2) is 170 Å². The van der Waals surface area contributed by atoms with Crippen LogP contribution in [0.5, 0.6) is 0 Å². The van der Waals surface area contributed by atoms with Crippen molar-refractivity contribution in [1.29, 1.82) is 0 Å². The number of nitrogen functional groups attached to an aromatic ring is 1. The highest BCUT2D eigenvalue weighted by Gasteiger charge is 2.58. The molecule has 0 saturated carbocycles. The van der Waals surface area contributed by atoms with E-state index in [1.165, 1.54) is 38.7 Å². The highest BCUT2D eigenvalue weighted by molar-refractivity contribution is 6.06. The molecule has 8 aromatic rings. The molecule has 0 aliphatic heterocycles. The summed E-state index contributed by atoms with van der Waals surface area (Å²) >= 11 is 0. The Labute approximate surface area is 331 Å². The number of hydrogen-bond donors (Lipinski definition) is 1. The van der Waals surface area contributed by atoms with Gasteiger partial charge in [0.25, 0.3) is 0 Å². The fourth-order valence-electron chi connectivity index (χ4n) is 11.0. The minimum Gasteiger partial charge on any atom is -0.384 e. The van der Waals surface area contributed by atoms with Gasteiger partial charge in [-0.05, 0) is 107 Å². The van der Waals surface area contributed by atoms with E-state index < -0.39 is 0 Å². The molecule has 4 aromatic heterocycles. The van der Waals surface area contributed by atoms with Crippen LogP contribution in [0.3, 0.4) is 0 Å². The Kier molecular flexibility index (Phi) is 6.80. The maximum Gasteiger partial charge on any atom is 0.116 e. The molecule has 57 heavy (non-hydrogen) atoms. The SMILES string of the molecule is C/C=C\c1c(N)n(-c2ccc(-c3ccc(-n4c5ccncc5c5ncccc54)cc3)cc2)c2c3c(ccc12)C1(C2=C(C=CCC2)c2ccccc21)C1C=CC=CC31. The number of nitrogens with two attached hydrogens (primary N) is 1. The van der Waals surface area contributed by atoms with Crippen molar-refractivity contribution in [2.45, 2.75) is 31.1 Å². The van der Waals surface area contributed by atoms with Crippen molar-refractivity contribution in [2.75, 3.05) is 5.73 Å². The van der Waals surface area contributed by atoms with Crippen LogP contribution in [0, 0.1) is 5.92 Å². The van der Waals surface area contributed by atoms with E-state index in [2.05, 4.69) is 172 Å². The van der Waals surface area contributed by atoms with E-state index in [4.69, 9.17) is 5.73 Å². The van der Waals surface area contributed by atoms with E-state index >= 15 is 0 Å². The summed E-state index contributed by atoms with van der Waals surface area (Å²) in [6, 6.07) is 37.9. The minimum atomic E-state index is -0.223. The number of hydrogen-bond acceptors (Lipinski definition) is 3. The minimum absolute atomic E-state index is 0.213. The Morgan fingerprint density at radius 3 is 2.37 bits per heavy atom. The molecule has 5 heteroatoms. The van der Waals surface area contributed by atoms with Gasteiger partial charge in [-0.25, -0.2) is 0 Å². The molecule has 2 N–H and O–H groups in total. The molecular formula is C52H39N5. The van der Waals surface area contributed by atoms with Crippen LogP contribution < -0.4 is 5.73 Å². The lowest BCUT2D eigenvalue weighted by atomic mass is 9.63. The second-order valence-corrected chi connectivity index (χ2v) is 15.8. The zero-order valence-corrected chi connectivity index (χ0v) is 31.6. The van der Waals surface area contributed by atoms with Gasteiger partial charge in [-0.2, -0.15) is 0 Å². The number of anilines is 1. The first kappa shape index (κ1) is 32.3. The lowest BCUT2D eigenvalue weighted by Gasteiger charge is -2.38. The Morgan fingerprint density at radius 2 is 1.54 bits per heavy atom. The maximum absolute atomic E-state index is 7.27. The summed E-state index contributed by atoms with van der Waals surface area (Å²) < 4.78 is 4.60. The lowest BCUT2D eigenvalue weighted by Crippen LogP contribution is -2.34. The Balaban J connectivity index is 1.01. The van der Waals surface area contributed by atoms with Gasteiger partial charge >= 0.3 is 0 Å². The van der Waals surface area contributed by atoms with Gasteiger partial charge in [0.1, 0.15) is 5.82 Å². The molecule has 0 amide bonds. The summed E-state index contributed by atoms with van der Waals surface area (Å²) in [4.78, 5) is 9.07. The van der Waals surface area contributed by atoms with Gasteiger partial charge in [0.15, 0.2) is 0 Å². The lowest BCUT2D eigenvalue weighted by molar-refractivity contribution is 0.445. The first-order valence-electron chi connectivity index (χ1n) is 20.0. The van der Waals surface area contributed by atoms with E-state index in [-0.39, 0.29) is 17.3 Å². The molecular weight excluding hydrogens is 695 g/mol. The summed E-state index contributed by atoms with van der Waals surface area (Å²) in [5.74, 6) is 1.26. The maximum atomic E-state index is 7.27. The van der Waals surface area contributed by atoms with E-state index in [9.17, 15) is 0 Å². The highest BCUT2D eigenvalue weighted by Crippen LogP contribution is 2.67. The topological polar surface area (TPSA) is 61.7 Å². The number of rotatable bonds is 4. The van der Waals surface area contributed by atoms with Gasteiger partial charge in [0, 0.05) is 58.1 Å². The molecule has 0 bridgehead atoms. The average Bonchev–Trinajstić information content (AvgIpc) is 3.96.